The lowest BCUT2D eigenvalue weighted by Gasteiger charge is -2.14. The van der Waals surface area contributed by atoms with Gasteiger partial charge in [-0.05, 0) is 69.5 Å². The van der Waals surface area contributed by atoms with Gasteiger partial charge < -0.3 is 5.09 Å². The zero-order valence-corrected chi connectivity index (χ0v) is 16.9. The average molecular weight is 503 g/mol. The number of hydrogen-bond donors (Lipinski definition) is 2. The summed E-state index contributed by atoms with van der Waals surface area (Å²) in [6.07, 6.45) is 1.81. The van der Waals surface area contributed by atoms with E-state index < -0.39 is 11.6 Å². The van der Waals surface area contributed by atoms with E-state index in [0.29, 0.717) is 28.9 Å². The Balaban J connectivity index is 2.15. The van der Waals surface area contributed by atoms with Crippen LogP contribution in [0.25, 0.3) is 11.1 Å². The lowest BCUT2D eigenvalue weighted by Crippen LogP contribution is -2.07. The molecule has 0 aliphatic heterocycles. The van der Waals surface area contributed by atoms with Gasteiger partial charge in [-0.2, -0.15) is 0 Å². The fourth-order valence-electron chi connectivity index (χ4n) is 2.45. The molecular weight excluding hydrogens is 492 g/mol. The van der Waals surface area contributed by atoms with Gasteiger partial charge in [0, 0.05) is 23.8 Å². The van der Waals surface area contributed by atoms with E-state index in [1.807, 2.05) is 0 Å². The van der Waals surface area contributed by atoms with E-state index >= 15 is 0 Å². The van der Waals surface area contributed by atoms with Gasteiger partial charge in [-0.15, -0.1) is 0 Å². The Morgan fingerprint density at radius 1 is 1.15 bits per heavy atom. The minimum atomic E-state index is -0.663. The Kier molecular flexibility index (Phi) is 6.11. The van der Waals surface area contributed by atoms with Gasteiger partial charge in [0.05, 0.1) is 17.0 Å². The van der Waals surface area contributed by atoms with Crippen molar-refractivity contribution in [3.8, 4) is 11.1 Å². The number of nitrogens with one attached hydrogen (secondary N) is 2. The van der Waals surface area contributed by atoms with Crippen molar-refractivity contribution in [2.45, 2.75) is 0 Å². The molecule has 0 fully saturated rings. The third-order valence-electron chi connectivity index (χ3n) is 3.60. The number of hydrogen-bond acceptors (Lipinski definition) is 4. The smallest absolute Gasteiger partial charge is 0.222 e. The molecule has 1 aromatic heterocycles. The van der Waals surface area contributed by atoms with E-state index in [1.54, 1.807) is 24.3 Å². The maximum Gasteiger partial charge on any atom is 0.222 e. The van der Waals surface area contributed by atoms with Crippen LogP contribution in [-0.4, -0.2) is 15.7 Å². The van der Waals surface area contributed by atoms with Crippen LogP contribution in [0.4, 0.5) is 14.5 Å². The van der Waals surface area contributed by atoms with Gasteiger partial charge in [0.15, 0.2) is 0 Å². The number of benzene rings is 2. The number of rotatable bonds is 5. The quantitative estimate of drug-likeness (QED) is 0.199. The number of nitrogens with zero attached hydrogens (tertiary/aromatic N) is 2. The third kappa shape index (κ3) is 4.00. The minimum Gasteiger partial charge on any atom is -0.358 e. The molecule has 1 unspecified atom stereocenters. The monoisotopic (exact) mass is 502 g/mol. The van der Waals surface area contributed by atoms with Gasteiger partial charge in [-0.25, -0.2) is 18.7 Å². The maximum atomic E-state index is 14.1. The molecule has 9 heteroatoms. The summed E-state index contributed by atoms with van der Waals surface area (Å²) in [4.78, 5) is 7.85. The average Bonchev–Trinajstić information content (AvgIpc) is 2.62. The Labute approximate surface area is 168 Å². The van der Waals surface area contributed by atoms with Gasteiger partial charge in [0.2, 0.25) is 5.28 Å². The molecule has 1 atom stereocenters. The molecule has 1 heterocycles. The van der Waals surface area contributed by atoms with E-state index in [0.717, 1.165) is 0 Å². The fourth-order valence-corrected chi connectivity index (χ4v) is 3.79. The second-order valence-electron chi connectivity index (χ2n) is 5.16. The normalized spacial score (nSPS) is 11.1. The Bertz CT molecular complexity index is 966. The summed E-state index contributed by atoms with van der Waals surface area (Å²) in [5, 5.41) is 11.7. The van der Waals surface area contributed by atoms with Gasteiger partial charge >= 0.3 is 0 Å². The highest BCUT2D eigenvalue weighted by atomic mass is 127. The summed E-state index contributed by atoms with van der Waals surface area (Å²) in [5.74, 6) is -1.33. The molecule has 3 aromatic rings. The van der Waals surface area contributed by atoms with Crippen LogP contribution < -0.4 is 5.09 Å². The molecule has 0 saturated heterocycles. The Hall–Kier alpha value is -1.70. The highest BCUT2D eigenvalue weighted by Crippen LogP contribution is 2.33. The lowest BCUT2D eigenvalue weighted by molar-refractivity contribution is 0.589. The van der Waals surface area contributed by atoms with E-state index in [2.05, 4.69) is 37.1 Å². The van der Waals surface area contributed by atoms with Crippen LogP contribution in [0.3, 0.4) is 0 Å². The predicted octanol–water partition coefficient (Wildman–Crippen LogP) is 5.85. The van der Waals surface area contributed by atoms with Crippen LogP contribution in [0.2, 0.25) is 5.28 Å². The topological polar surface area (TPSA) is 61.7 Å². The first-order valence-electron chi connectivity index (χ1n) is 7.29. The van der Waals surface area contributed by atoms with Crippen molar-refractivity contribution in [3.63, 3.8) is 0 Å². The summed E-state index contributed by atoms with van der Waals surface area (Å²) in [6.45, 7) is 0. The van der Waals surface area contributed by atoms with Gasteiger partial charge in [-0.1, -0.05) is 12.1 Å². The molecule has 0 bridgehead atoms. The Morgan fingerprint density at radius 3 is 2.54 bits per heavy atom. The lowest BCUT2D eigenvalue weighted by atomic mass is 9.97. The maximum absolute atomic E-state index is 14.1. The molecule has 26 heavy (non-hydrogen) atoms. The highest BCUT2D eigenvalue weighted by Gasteiger charge is 2.17. The van der Waals surface area contributed by atoms with Crippen LogP contribution in [0.15, 0.2) is 48.7 Å². The molecule has 4 nitrogen and oxygen atoms in total. The van der Waals surface area contributed by atoms with E-state index in [1.165, 1.54) is 24.4 Å². The molecule has 2 aromatic carbocycles. The van der Waals surface area contributed by atoms with Crippen molar-refractivity contribution in [3.05, 3.63) is 76.8 Å². The standard InChI is InChI=1S/C17H11ClF2IN4P/c18-17-23-7-6-14(24-17)16(22)10-8-9(4-5-13(10)25-26-21)15-11(19)2-1-3-12(15)20/h1-8,22,25-26H. The van der Waals surface area contributed by atoms with Crippen molar-refractivity contribution >= 4 is 51.4 Å². The predicted molar refractivity (Wildman–Crippen MR) is 111 cm³/mol. The summed E-state index contributed by atoms with van der Waals surface area (Å²) in [5.41, 5.74) is 1.72. The molecule has 0 spiro atoms. The molecule has 0 amide bonds. The zero-order valence-electron chi connectivity index (χ0n) is 13.0. The van der Waals surface area contributed by atoms with Crippen molar-refractivity contribution in [1.29, 1.82) is 5.41 Å². The Morgan fingerprint density at radius 2 is 1.88 bits per heavy atom. The number of aromatic nitrogens is 2. The highest BCUT2D eigenvalue weighted by molar-refractivity contribution is 14.2. The molecule has 2 N–H and O–H groups in total. The molecular formula is C17H11ClF2IN4P. The van der Waals surface area contributed by atoms with Gasteiger partial charge in [0.1, 0.15) is 11.6 Å². The van der Waals surface area contributed by atoms with Crippen LogP contribution >= 0.6 is 40.0 Å². The molecule has 0 saturated carbocycles. The number of halogens is 4. The van der Waals surface area contributed by atoms with Crippen molar-refractivity contribution in [2.24, 2.45) is 0 Å². The zero-order chi connectivity index (χ0) is 18.7. The van der Waals surface area contributed by atoms with Crippen LogP contribution in [0.5, 0.6) is 0 Å². The minimum absolute atomic E-state index is 0.0221. The number of anilines is 1. The second-order valence-corrected chi connectivity index (χ2v) is 7.56. The largest absolute Gasteiger partial charge is 0.358 e. The molecule has 0 aliphatic carbocycles. The van der Waals surface area contributed by atoms with Gasteiger partial charge in [-0.3, -0.25) is 5.41 Å². The van der Waals surface area contributed by atoms with Crippen LogP contribution in [0.1, 0.15) is 11.3 Å². The first kappa shape index (κ1) is 19.1. The summed E-state index contributed by atoms with van der Waals surface area (Å²) in [6, 6.07) is 10.1. The SMILES string of the molecule is N=C(c1ccnc(Cl)n1)c1cc(-c2c(F)cccc2F)ccc1NPI. The van der Waals surface area contributed by atoms with Crippen LogP contribution in [-0.2, 0) is 0 Å². The summed E-state index contributed by atoms with van der Waals surface area (Å²) in [7, 11) is 0. The molecule has 3 rings (SSSR count). The van der Waals surface area contributed by atoms with E-state index in [-0.39, 0.29) is 16.6 Å². The van der Waals surface area contributed by atoms with E-state index in [9.17, 15) is 8.78 Å². The molecule has 132 valence electrons. The first-order valence-corrected chi connectivity index (χ1v) is 11.8. The van der Waals surface area contributed by atoms with Gasteiger partial charge in [0.25, 0.3) is 0 Å². The summed E-state index contributed by atoms with van der Waals surface area (Å²) < 4.78 is 28.3. The van der Waals surface area contributed by atoms with E-state index in [4.69, 9.17) is 17.0 Å². The molecule has 0 radical (unpaired) electrons. The third-order valence-corrected chi connectivity index (χ3v) is 4.96. The fraction of sp³-hybridized carbons (Fsp3) is 0. The molecule has 0 aliphatic rings. The first-order chi connectivity index (χ1) is 12.5. The van der Waals surface area contributed by atoms with Crippen molar-refractivity contribution in [2.75, 3.05) is 5.09 Å². The second kappa shape index (κ2) is 8.33. The van der Waals surface area contributed by atoms with Crippen molar-refractivity contribution < 1.29 is 8.78 Å². The van der Waals surface area contributed by atoms with Crippen molar-refractivity contribution in [1.82, 2.24) is 9.97 Å². The van der Waals surface area contributed by atoms with Crippen LogP contribution in [0, 0.1) is 17.0 Å². The summed E-state index contributed by atoms with van der Waals surface area (Å²) >= 11 is 7.97.